The van der Waals surface area contributed by atoms with E-state index in [0.29, 0.717) is 13.1 Å². The minimum Gasteiger partial charge on any atom is -0.444 e. The van der Waals surface area contributed by atoms with Crippen LogP contribution in [0.4, 0.5) is 4.79 Å². The van der Waals surface area contributed by atoms with Crippen molar-refractivity contribution in [3.8, 4) is 0 Å². The predicted octanol–water partition coefficient (Wildman–Crippen LogP) is 7.17. The highest BCUT2D eigenvalue weighted by molar-refractivity contribution is 6.74. The van der Waals surface area contributed by atoms with Crippen molar-refractivity contribution in [3.05, 3.63) is 0 Å². The number of likely N-dealkylation sites (tertiary alicyclic amines) is 1. The van der Waals surface area contributed by atoms with Crippen LogP contribution in [0.3, 0.4) is 0 Å². The van der Waals surface area contributed by atoms with Crippen molar-refractivity contribution in [2.75, 3.05) is 40.5 Å². The van der Waals surface area contributed by atoms with E-state index in [1.165, 1.54) is 19.3 Å². The Morgan fingerprint density at radius 2 is 1.35 bits per heavy atom. The van der Waals surface area contributed by atoms with Crippen LogP contribution in [-0.4, -0.2) is 81.7 Å². The van der Waals surface area contributed by atoms with Gasteiger partial charge in [-0.1, -0.05) is 47.5 Å². The zero-order valence-corrected chi connectivity index (χ0v) is 26.1. The van der Waals surface area contributed by atoms with Crippen molar-refractivity contribution >= 4 is 14.4 Å². The van der Waals surface area contributed by atoms with Crippen molar-refractivity contribution in [2.24, 2.45) is 0 Å². The highest BCUT2D eigenvalue weighted by atomic mass is 28.4. The van der Waals surface area contributed by atoms with E-state index in [4.69, 9.17) is 23.7 Å². The molecule has 2 fully saturated rings. The van der Waals surface area contributed by atoms with Gasteiger partial charge in [0, 0.05) is 40.5 Å². The SMILES string of the molecule is C.COC1(CCO)CCCCC1.COC1(CCO[Si](C)(C)C(C)(C)C)CCN(C(=O)OC(C)(C)C)CC1. The third-order valence-corrected chi connectivity index (χ3v) is 12.9. The summed E-state index contributed by atoms with van der Waals surface area (Å²) in [6.45, 7) is 19.3. The topological polar surface area (TPSA) is 77.5 Å². The number of aliphatic hydroxyl groups is 1. The van der Waals surface area contributed by atoms with Gasteiger partial charge in [0.25, 0.3) is 0 Å². The van der Waals surface area contributed by atoms with Crippen LogP contribution < -0.4 is 0 Å². The van der Waals surface area contributed by atoms with E-state index in [-0.39, 0.29) is 36.4 Å². The number of aliphatic hydroxyl groups excluding tert-OH is 1. The third-order valence-electron chi connectivity index (χ3n) is 8.35. The molecule has 0 aromatic heterocycles. The predicted molar refractivity (Wildman–Crippen MR) is 156 cm³/mol. The quantitative estimate of drug-likeness (QED) is 0.325. The molecule has 1 amide bonds. The van der Waals surface area contributed by atoms with Gasteiger partial charge in [0.05, 0.1) is 11.2 Å². The Morgan fingerprint density at radius 1 is 0.865 bits per heavy atom. The van der Waals surface area contributed by atoms with E-state index < -0.39 is 13.9 Å². The van der Waals surface area contributed by atoms with Crippen molar-refractivity contribution in [1.82, 2.24) is 4.90 Å². The first-order valence-corrected chi connectivity index (χ1v) is 16.8. The second-order valence-corrected chi connectivity index (χ2v) is 17.9. The van der Waals surface area contributed by atoms with Crippen molar-refractivity contribution < 1.29 is 28.5 Å². The molecule has 1 aliphatic carbocycles. The first kappa shape index (κ1) is 36.3. The lowest BCUT2D eigenvalue weighted by Gasteiger charge is -2.42. The lowest BCUT2D eigenvalue weighted by atomic mass is 9.82. The molecule has 0 aromatic rings. The second kappa shape index (κ2) is 15.2. The molecule has 0 bridgehead atoms. The molecule has 2 rings (SSSR count). The minimum atomic E-state index is -1.73. The molecule has 37 heavy (non-hydrogen) atoms. The fourth-order valence-corrected chi connectivity index (χ4v) is 5.69. The van der Waals surface area contributed by atoms with Crippen LogP contribution in [0.15, 0.2) is 0 Å². The van der Waals surface area contributed by atoms with Crippen LogP contribution in [-0.2, 0) is 18.6 Å². The summed E-state index contributed by atoms with van der Waals surface area (Å²) in [7, 11) is 1.80. The lowest BCUT2D eigenvalue weighted by Crippen LogP contribution is -2.50. The zero-order chi connectivity index (χ0) is 27.7. The van der Waals surface area contributed by atoms with Gasteiger partial charge < -0.3 is 28.6 Å². The van der Waals surface area contributed by atoms with Gasteiger partial charge in [0.1, 0.15) is 5.60 Å². The average Bonchev–Trinajstić information content (AvgIpc) is 2.79. The number of ether oxygens (including phenoxy) is 3. The molecule has 1 N–H and O–H groups in total. The largest absolute Gasteiger partial charge is 0.444 e. The van der Waals surface area contributed by atoms with Gasteiger partial charge >= 0.3 is 6.09 Å². The number of piperidine rings is 1. The molecule has 1 heterocycles. The summed E-state index contributed by atoms with van der Waals surface area (Å²) in [5, 5.41) is 9.05. The molecule has 0 atom stereocenters. The van der Waals surface area contributed by atoms with Crippen LogP contribution in [0.5, 0.6) is 0 Å². The normalized spacial score (nSPS) is 19.8. The Hall–Kier alpha value is -0.673. The molecule has 222 valence electrons. The number of rotatable bonds is 8. The number of carbonyl (C=O) groups excluding carboxylic acids is 1. The van der Waals surface area contributed by atoms with Gasteiger partial charge in [0.15, 0.2) is 8.32 Å². The highest BCUT2D eigenvalue weighted by Crippen LogP contribution is 2.38. The van der Waals surface area contributed by atoms with Crippen molar-refractivity contribution in [3.63, 3.8) is 0 Å². The molecule has 8 heteroatoms. The highest BCUT2D eigenvalue weighted by Gasteiger charge is 2.40. The van der Waals surface area contributed by atoms with E-state index in [2.05, 4.69) is 33.9 Å². The lowest BCUT2D eigenvalue weighted by molar-refractivity contribution is -0.0710. The summed E-state index contributed by atoms with van der Waals surface area (Å²) in [5.74, 6) is 0. The maximum Gasteiger partial charge on any atom is 0.410 e. The van der Waals surface area contributed by atoms with Crippen molar-refractivity contribution in [2.45, 2.75) is 142 Å². The average molecular weight is 548 g/mol. The monoisotopic (exact) mass is 547 g/mol. The smallest absolute Gasteiger partial charge is 0.410 e. The fourth-order valence-electron chi connectivity index (χ4n) is 4.64. The summed E-state index contributed by atoms with van der Waals surface area (Å²) in [6, 6.07) is 0. The molecule has 0 unspecified atom stereocenters. The number of amides is 1. The summed E-state index contributed by atoms with van der Waals surface area (Å²) in [6.07, 6.45) is 9.20. The standard InChI is InChI=1S/C19H39NO4Si.C9H18O2.CH4/c1-17(2,3)24-16(21)20-13-10-19(22-7,11-14-20)12-15-23-25(8,9)18(4,5)6;1-11-9(7-8-10)5-3-2-4-6-9;/h10-15H2,1-9H3;10H,2-8H2,1H3;1H4. The fraction of sp³-hybridized carbons (Fsp3) is 0.966. The maximum absolute atomic E-state index is 12.2. The Balaban J connectivity index is 0.000000902. The van der Waals surface area contributed by atoms with Crippen molar-refractivity contribution in [1.29, 1.82) is 0 Å². The van der Waals surface area contributed by atoms with Gasteiger partial charge in [-0.3, -0.25) is 0 Å². The van der Waals surface area contributed by atoms with Gasteiger partial charge in [-0.25, -0.2) is 4.79 Å². The number of carbonyl (C=O) groups is 1. The first-order valence-electron chi connectivity index (χ1n) is 13.9. The summed E-state index contributed by atoms with van der Waals surface area (Å²) in [4.78, 5) is 14.0. The molecular weight excluding hydrogens is 486 g/mol. The molecule has 0 radical (unpaired) electrons. The maximum atomic E-state index is 12.2. The number of hydrogen-bond donors (Lipinski definition) is 1. The number of hydrogen-bond acceptors (Lipinski definition) is 6. The number of methoxy groups -OCH3 is 2. The van der Waals surface area contributed by atoms with Crippen LogP contribution in [0.25, 0.3) is 0 Å². The summed E-state index contributed by atoms with van der Waals surface area (Å²) < 4.78 is 23.1. The Bertz CT molecular complexity index is 636. The molecule has 1 aliphatic heterocycles. The van der Waals surface area contributed by atoms with E-state index in [9.17, 15) is 4.79 Å². The van der Waals surface area contributed by atoms with Gasteiger partial charge in [-0.15, -0.1) is 0 Å². The molecule has 1 saturated carbocycles. The van der Waals surface area contributed by atoms with E-state index >= 15 is 0 Å². The van der Waals surface area contributed by atoms with Gasteiger partial charge in [0.2, 0.25) is 0 Å². The second-order valence-electron chi connectivity index (χ2n) is 13.1. The van der Waals surface area contributed by atoms with Crippen LogP contribution in [0, 0.1) is 0 Å². The van der Waals surface area contributed by atoms with Crippen LogP contribution >= 0.6 is 0 Å². The van der Waals surface area contributed by atoms with E-state index in [1.54, 1.807) is 19.1 Å². The molecule has 0 aromatic carbocycles. The molecular formula is C29H61NO6Si. The number of nitrogens with zero attached hydrogens (tertiary/aromatic N) is 1. The van der Waals surface area contributed by atoms with Gasteiger partial charge in [-0.2, -0.15) is 0 Å². The molecule has 7 nitrogen and oxygen atoms in total. The molecule has 1 saturated heterocycles. The van der Waals surface area contributed by atoms with E-state index in [1.807, 2.05) is 20.8 Å². The molecule has 0 spiro atoms. The van der Waals surface area contributed by atoms with Crippen LogP contribution in [0.2, 0.25) is 18.1 Å². The summed E-state index contributed by atoms with van der Waals surface area (Å²) >= 11 is 0. The third kappa shape index (κ3) is 11.9. The van der Waals surface area contributed by atoms with Gasteiger partial charge in [-0.05, 0) is 77.4 Å². The van der Waals surface area contributed by atoms with Crippen LogP contribution in [0.1, 0.15) is 107 Å². The first-order chi connectivity index (χ1) is 16.5. The summed E-state index contributed by atoms with van der Waals surface area (Å²) in [5.41, 5.74) is -0.627. The molecule has 2 aliphatic rings. The Labute approximate surface area is 230 Å². The van der Waals surface area contributed by atoms with E-state index in [0.717, 1.165) is 45.1 Å². The Morgan fingerprint density at radius 3 is 1.76 bits per heavy atom. The zero-order valence-electron chi connectivity index (χ0n) is 25.1. The minimum absolute atomic E-state index is 0. The Kier molecular flexibility index (Phi) is 14.9.